The normalized spacial score (nSPS) is 6.75. The van der Waals surface area contributed by atoms with Crippen molar-refractivity contribution >= 4 is 9.30 Å². The molecule has 0 radical (unpaired) electrons. The average Bonchev–Trinajstić information content (AvgIpc) is 0.811. The fraction of sp³-hybridized carbons (Fsp3) is 0. The van der Waals surface area contributed by atoms with Crippen LogP contribution in [0.1, 0.15) is 0 Å². The summed E-state index contributed by atoms with van der Waals surface area (Å²) in [5, 5.41) is 0. The van der Waals surface area contributed by atoms with Crippen LogP contribution in [0.4, 0.5) is 6.18 Å². The van der Waals surface area contributed by atoms with E-state index in [2.05, 4.69) is 9.30 Å². The van der Waals surface area contributed by atoms with Gasteiger partial charge in [-0.2, -0.15) is 0 Å². The van der Waals surface area contributed by atoms with Crippen LogP contribution in [0.25, 0.3) is 0 Å². The molecule has 0 bridgehead atoms. The van der Waals surface area contributed by atoms with Crippen molar-refractivity contribution in [3.63, 3.8) is 0 Å². The Morgan fingerprint density at radius 2 is 1.50 bits per heavy atom. The molecule has 0 N–H and O–H groups in total. The summed E-state index contributed by atoms with van der Waals surface area (Å²) in [6.45, 7) is 0. The fourth-order valence-electron chi connectivity index (χ4n) is 0. The quantitative estimate of drug-likeness (QED) is 0.426. The van der Waals surface area contributed by atoms with Crippen molar-refractivity contribution in [3.8, 4) is 0 Å². The maximum atomic E-state index is 10.3. The first kappa shape index (κ1) is 4.86. The average molecular weight is 121 g/mol. The standard InChI is InChI=1S/ClH.2FH.Ti/h3*1H;/q;;;+3/p-3. The molecule has 0 atom stereocenters. The molecule has 0 aromatic heterocycles. The topological polar surface area (TPSA) is 0 Å². The Labute approximate surface area is 33.8 Å². The van der Waals surface area contributed by atoms with Crippen molar-refractivity contribution in [2.45, 2.75) is 0 Å². The molecule has 4 heteroatoms. The Hall–Kier alpha value is 0.864. The molecule has 0 nitrogen and oxygen atoms in total. The van der Waals surface area contributed by atoms with E-state index in [9.17, 15) is 6.18 Å². The van der Waals surface area contributed by atoms with Crippen molar-refractivity contribution in [2.24, 2.45) is 0 Å². The van der Waals surface area contributed by atoms with Crippen LogP contribution in [-0.4, -0.2) is 0 Å². The zero-order valence-electron chi connectivity index (χ0n) is 1.63. The minimum absolute atomic E-state index is 3.86. The molecule has 4 heavy (non-hydrogen) atoms. The number of hydrogen-bond acceptors (Lipinski definition) is 0. The SMILES string of the molecule is [F][Ti]([F])[Cl]. The molecule has 0 aromatic carbocycles. The number of hydrogen-bond donors (Lipinski definition) is 0. The second-order valence-electron chi connectivity index (χ2n) is 0.214. The van der Waals surface area contributed by atoms with Gasteiger partial charge in [-0.05, 0) is 0 Å². The van der Waals surface area contributed by atoms with E-state index in [0.29, 0.717) is 0 Å². The molecule has 0 fully saturated rings. The van der Waals surface area contributed by atoms with Gasteiger partial charge in [-0.15, -0.1) is 0 Å². The van der Waals surface area contributed by atoms with Crippen molar-refractivity contribution in [1.29, 1.82) is 0 Å². The molecule has 0 amide bonds. The number of rotatable bonds is 0. The van der Waals surface area contributed by atoms with Crippen molar-refractivity contribution in [3.05, 3.63) is 0 Å². The van der Waals surface area contributed by atoms with Gasteiger partial charge in [-0.1, -0.05) is 0 Å². The molecule has 0 aliphatic heterocycles. The Morgan fingerprint density at radius 1 is 1.50 bits per heavy atom. The molecule has 0 saturated carbocycles. The Bertz CT molecular complexity index is 10.8. The predicted octanol–water partition coefficient (Wildman–Crippen LogP) is 1.53. The third-order valence-electron chi connectivity index (χ3n) is 0. The predicted molar refractivity (Wildman–Crippen MR) is 8.07 cm³/mol. The summed E-state index contributed by atoms with van der Waals surface area (Å²) in [4.78, 5) is 0. The third-order valence-corrected chi connectivity index (χ3v) is 0. The van der Waals surface area contributed by atoms with Gasteiger partial charge in [-0.3, -0.25) is 0 Å². The van der Waals surface area contributed by atoms with E-state index >= 15 is 0 Å². The summed E-state index contributed by atoms with van der Waals surface area (Å²) in [5.41, 5.74) is 0. The Morgan fingerprint density at radius 3 is 1.50 bits per heavy atom. The monoisotopic (exact) mass is 121 g/mol. The zero-order chi connectivity index (χ0) is 3.58. The molecule has 0 aromatic rings. The van der Waals surface area contributed by atoms with E-state index in [1.165, 1.54) is 0 Å². The van der Waals surface area contributed by atoms with Gasteiger partial charge in [0.1, 0.15) is 0 Å². The second-order valence-corrected chi connectivity index (χ2v) is 2.06. The van der Waals surface area contributed by atoms with Crippen LogP contribution in [0.2, 0.25) is 0 Å². The van der Waals surface area contributed by atoms with Crippen LogP contribution in [0, 0.1) is 0 Å². The summed E-state index contributed by atoms with van der Waals surface area (Å²) in [5.74, 6) is 0. The first-order valence-corrected chi connectivity index (χ1v) is 3.90. The van der Waals surface area contributed by atoms with Crippen LogP contribution in [-0.2, 0) is 17.9 Å². The van der Waals surface area contributed by atoms with Gasteiger partial charge < -0.3 is 0 Å². The van der Waals surface area contributed by atoms with Crippen LogP contribution in [0.3, 0.4) is 0 Å². The molecule has 0 heterocycles. The van der Waals surface area contributed by atoms with Crippen LogP contribution < -0.4 is 0 Å². The maximum absolute atomic E-state index is 10.3. The van der Waals surface area contributed by atoms with Crippen LogP contribution in [0.5, 0.6) is 0 Å². The molecule has 0 rings (SSSR count). The van der Waals surface area contributed by atoms with E-state index in [-0.39, 0.29) is 0 Å². The van der Waals surface area contributed by atoms with Gasteiger partial charge in [0.05, 0.1) is 0 Å². The fourth-order valence-corrected chi connectivity index (χ4v) is 0. The van der Waals surface area contributed by atoms with Gasteiger partial charge in [0.15, 0.2) is 0 Å². The first-order chi connectivity index (χ1) is 1.73. The van der Waals surface area contributed by atoms with Crippen LogP contribution in [0.15, 0.2) is 0 Å². The van der Waals surface area contributed by atoms with Gasteiger partial charge in [0.25, 0.3) is 0 Å². The first-order valence-electron chi connectivity index (χ1n) is 0.567. The van der Waals surface area contributed by atoms with Crippen molar-refractivity contribution < 1.29 is 24.1 Å². The number of halogens is 3. The van der Waals surface area contributed by atoms with Crippen molar-refractivity contribution in [2.75, 3.05) is 0 Å². The molecule has 25 valence electrons. The van der Waals surface area contributed by atoms with Gasteiger partial charge in [0, 0.05) is 0 Å². The molecule has 0 saturated heterocycles. The summed E-state index contributed by atoms with van der Waals surface area (Å²) < 4.78 is 20.5. The molecule has 0 unspecified atom stereocenters. The van der Waals surface area contributed by atoms with E-state index < -0.39 is 17.9 Å². The summed E-state index contributed by atoms with van der Waals surface area (Å²) in [7, 11) is 4.11. The Balaban J connectivity index is 2.32. The molecule has 0 aliphatic carbocycles. The summed E-state index contributed by atoms with van der Waals surface area (Å²) in [6, 6.07) is 0. The minimum atomic E-state index is -3.86. The van der Waals surface area contributed by atoms with E-state index in [4.69, 9.17) is 0 Å². The third kappa shape index (κ3) is 13.3. The molecule has 0 spiro atoms. The van der Waals surface area contributed by atoms with E-state index in [1.54, 1.807) is 0 Å². The van der Waals surface area contributed by atoms with Gasteiger partial charge in [0.2, 0.25) is 0 Å². The molecular weight excluding hydrogens is 121 g/mol. The molecule has 0 aliphatic rings. The summed E-state index contributed by atoms with van der Waals surface area (Å²) >= 11 is -3.86. The van der Waals surface area contributed by atoms with Gasteiger partial charge in [-0.25, -0.2) is 0 Å². The zero-order valence-corrected chi connectivity index (χ0v) is 3.95. The van der Waals surface area contributed by atoms with Crippen LogP contribution >= 0.6 is 9.30 Å². The van der Waals surface area contributed by atoms with E-state index in [0.717, 1.165) is 0 Å². The van der Waals surface area contributed by atoms with Gasteiger partial charge >= 0.3 is 33.4 Å². The molecular formula is ClF2Ti. The second kappa shape index (κ2) is 2.12. The Kier molecular flexibility index (Phi) is 2.58. The summed E-state index contributed by atoms with van der Waals surface area (Å²) in [6.07, 6.45) is 0. The van der Waals surface area contributed by atoms with Crippen molar-refractivity contribution in [1.82, 2.24) is 0 Å². The van der Waals surface area contributed by atoms with E-state index in [1.807, 2.05) is 0 Å².